The molecule has 13 heavy (non-hydrogen) atoms. The van der Waals surface area contributed by atoms with E-state index in [-0.39, 0.29) is 6.61 Å². The standard InChI is InChI=1S/C9H11IO3/c1-12-8-4-6(5-11)3-7(10)9(8)13-2/h3-4,11H,5H2,1-2H3. The minimum absolute atomic E-state index is 0.0103. The van der Waals surface area contributed by atoms with Crippen molar-refractivity contribution in [2.75, 3.05) is 14.2 Å². The summed E-state index contributed by atoms with van der Waals surface area (Å²) in [6.07, 6.45) is 0. The van der Waals surface area contributed by atoms with Gasteiger partial charge in [-0.15, -0.1) is 0 Å². The summed E-state index contributed by atoms with van der Waals surface area (Å²) in [5, 5.41) is 8.95. The highest BCUT2D eigenvalue weighted by molar-refractivity contribution is 14.1. The number of ether oxygens (including phenoxy) is 2. The highest BCUT2D eigenvalue weighted by Gasteiger charge is 2.09. The Morgan fingerprint density at radius 2 is 2.00 bits per heavy atom. The molecule has 0 aliphatic carbocycles. The number of benzene rings is 1. The fourth-order valence-electron chi connectivity index (χ4n) is 1.06. The number of halogens is 1. The van der Waals surface area contributed by atoms with Crippen LogP contribution in [0.4, 0.5) is 0 Å². The molecule has 0 amide bonds. The van der Waals surface area contributed by atoms with Gasteiger partial charge in [-0.1, -0.05) is 0 Å². The van der Waals surface area contributed by atoms with Gasteiger partial charge in [0.2, 0.25) is 0 Å². The number of hydrogen-bond donors (Lipinski definition) is 1. The molecular formula is C9H11IO3. The maximum absolute atomic E-state index is 8.95. The van der Waals surface area contributed by atoms with Gasteiger partial charge < -0.3 is 14.6 Å². The molecule has 1 aromatic rings. The fourth-order valence-corrected chi connectivity index (χ4v) is 1.95. The average molecular weight is 294 g/mol. The van der Waals surface area contributed by atoms with E-state index in [9.17, 15) is 0 Å². The molecule has 0 spiro atoms. The molecule has 72 valence electrons. The second-order valence-corrected chi connectivity index (χ2v) is 3.63. The largest absolute Gasteiger partial charge is 0.493 e. The Morgan fingerprint density at radius 1 is 1.31 bits per heavy atom. The molecule has 1 aromatic carbocycles. The van der Waals surface area contributed by atoms with Crippen molar-refractivity contribution < 1.29 is 14.6 Å². The molecule has 4 heteroatoms. The predicted molar refractivity (Wildman–Crippen MR) is 58.2 cm³/mol. The highest BCUT2D eigenvalue weighted by Crippen LogP contribution is 2.33. The van der Waals surface area contributed by atoms with Crippen LogP contribution < -0.4 is 9.47 Å². The molecule has 0 bridgehead atoms. The second-order valence-electron chi connectivity index (χ2n) is 2.47. The molecule has 1 rings (SSSR count). The van der Waals surface area contributed by atoms with E-state index >= 15 is 0 Å². The van der Waals surface area contributed by atoms with Gasteiger partial charge in [0.25, 0.3) is 0 Å². The average Bonchev–Trinajstić information content (AvgIpc) is 2.16. The van der Waals surface area contributed by atoms with E-state index in [0.29, 0.717) is 11.5 Å². The molecule has 0 atom stereocenters. The van der Waals surface area contributed by atoms with E-state index < -0.39 is 0 Å². The lowest BCUT2D eigenvalue weighted by atomic mass is 10.2. The molecule has 3 nitrogen and oxygen atoms in total. The SMILES string of the molecule is COc1cc(CO)cc(I)c1OC. The molecule has 0 aliphatic rings. The summed E-state index contributed by atoms with van der Waals surface area (Å²) in [5.41, 5.74) is 0.821. The summed E-state index contributed by atoms with van der Waals surface area (Å²) in [6, 6.07) is 3.63. The van der Waals surface area contributed by atoms with E-state index in [1.54, 1.807) is 20.3 Å². The van der Waals surface area contributed by atoms with Gasteiger partial charge >= 0.3 is 0 Å². The Morgan fingerprint density at radius 3 is 2.46 bits per heavy atom. The normalized spacial score (nSPS) is 9.85. The maximum Gasteiger partial charge on any atom is 0.174 e. The van der Waals surface area contributed by atoms with Crippen LogP contribution in [0.2, 0.25) is 0 Å². The van der Waals surface area contributed by atoms with Crippen LogP contribution in [-0.2, 0) is 6.61 Å². The summed E-state index contributed by atoms with van der Waals surface area (Å²) in [6.45, 7) is 0.0103. The van der Waals surface area contributed by atoms with Crippen LogP contribution in [0.15, 0.2) is 12.1 Å². The summed E-state index contributed by atoms with van der Waals surface area (Å²) < 4.78 is 11.2. The summed E-state index contributed by atoms with van der Waals surface area (Å²) in [7, 11) is 3.17. The Labute approximate surface area is 90.8 Å². The topological polar surface area (TPSA) is 38.7 Å². The van der Waals surface area contributed by atoms with Crippen molar-refractivity contribution in [1.82, 2.24) is 0 Å². The van der Waals surface area contributed by atoms with Crippen LogP contribution in [0.3, 0.4) is 0 Å². The van der Waals surface area contributed by atoms with Crippen molar-refractivity contribution in [2.45, 2.75) is 6.61 Å². The van der Waals surface area contributed by atoms with Gasteiger partial charge in [-0.2, -0.15) is 0 Å². The van der Waals surface area contributed by atoms with E-state index in [0.717, 1.165) is 9.13 Å². The van der Waals surface area contributed by atoms with E-state index in [1.165, 1.54) is 0 Å². The molecule has 0 unspecified atom stereocenters. The highest BCUT2D eigenvalue weighted by atomic mass is 127. The molecule has 0 saturated carbocycles. The molecule has 0 aromatic heterocycles. The smallest absolute Gasteiger partial charge is 0.174 e. The first-order valence-electron chi connectivity index (χ1n) is 3.74. The van der Waals surface area contributed by atoms with Crippen molar-refractivity contribution >= 4 is 22.6 Å². The lowest BCUT2D eigenvalue weighted by Crippen LogP contribution is -1.95. The van der Waals surface area contributed by atoms with Crippen molar-refractivity contribution in [2.24, 2.45) is 0 Å². The van der Waals surface area contributed by atoms with Crippen LogP contribution in [0, 0.1) is 3.57 Å². The Balaban J connectivity index is 3.20. The van der Waals surface area contributed by atoms with Crippen LogP contribution in [0.1, 0.15) is 5.56 Å². The van der Waals surface area contributed by atoms with Crippen molar-refractivity contribution in [3.05, 3.63) is 21.3 Å². The number of methoxy groups -OCH3 is 2. The zero-order valence-corrected chi connectivity index (χ0v) is 9.66. The Hall–Kier alpha value is -0.490. The van der Waals surface area contributed by atoms with Gasteiger partial charge in [0, 0.05) is 0 Å². The van der Waals surface area contributed by atoms with E-state index in [2.05, 4.69) is 22.6 Å². The van der Waals surface area contributed by atoms with Crippen LogP contribution >= 0.6 is 22.6 Å². The quantitative estimate of drug-likeness (QED) is 0.864. The zero-order chi connectivity index (χ0) is 9.84. The van der Waals surface area contributed by atoms with Crippen LogP contribution in [-0.4, -0.2) is 19.3 Å². The number of hydrogen-bond acceptors (Lipinski definition) is 3. The lowest BCUT2D eigenvalue weighted by molar-refractivity contribution is 0.280. The number of rotatable bonds is 3. The molecule has 0 saturated heterocycles. The first-order valence-corrected chi connectivity index (χ1v) is 4.82. The molecular weight excluding hydrogens is 283 g/mol. The van der Waals surface area contributed by atoms with Gasteiger partial charge in [-0.05, 0) is 40.3 Å². The van der Waals surface area contributed by atoms with E-state index in [1.807, 2.05) is 6.07 Å². The van der Waals surface area contributed by atoms with Crippen molar-refractivity contribution in [3.8, 4) is 11.5 Å². The van der Waals surface area contributed by atoms with Crippen LogP contribution in [0.5, 0.6) is 11.5 Å². The monoisotopic (exact) mass is 294 g/mol. The Kier molecular flexibility index (Phi) is 3.80. The first-order chi connectivity index (χ1) is 6.22. The number of aliphatic hydroxyl groups is 1. The number of aliphatic hydroxyl groups excluding tert-OH is 1. The Bertz CT molecular complexity index is 299. The molecule has 0 heterocycles. The minimum Gasteiger partial charge on any atom is -0.493 e. The molecule has 0 fully saturated rings. The zero-order valence-electron chi connectivity index (χ0n) is 7.50. The molecule has 0 aliphatic heterocycles. The minimum atomic E-state index is 0.0103. The maximum atomic E-state index is 8.95. The van der Waals surface area contributed by atoms with Crippen molar-refractivity contribution in [1.29, 1.82) is 0 Å². The van der Waals surface area contributed by atoms with Gasteiger partial charge in [0.1, 0.15) is 0 Å². The third-order valence-corrected chi connectivity index (χ3v) is 2.48. The lowest BCUT2D eigenvalue weighted by Gasteiger charge is -2.10. The summed E-state index contributed by atoms with van der Waals surface area (Å²) in [4.78, 5) is 0. The summed E-state index contributed by atoms with van der Waals surface area (Å²) >= 11 is 2.14. The van der Waals surface area contributed by atoms with Crippen LogP contribution in [0.25, 0.3) is 0 Å². The third-order valence-electron chi connectivity index (χ3n) is 1.68. The molecule has 0 radical (unpaired) electrons. The van der Waals surface area contributed by atoms with Gasteiger partial charge in [0.05, 0.1) is 24.4 Å². The van der Waals surface area contributed by atoms with Gasteiger partial charge in [0.15, 0.2) is 11.5 Å². The third kappa shape index (κ3) is 2.25. The summed E-state index contributed by atoms with van der Waals surface area (Å²) in [5.74, 6) is 1.36. The van der Waals surface area contributed by atoms with Gasteiger partial charge in [-0.25, -0.2) is 0 Å². The first kappa shape index (κ1) is 10.6. The fraction of sp³-hybridized carbons (Fsp3) is 0.333. The molecule has 1 N–H and O–H groups in total. The van der Waals surface area contributed by atoms with Crippen molar-refractivity contribution in [3.63, 3.8) is 0 Å². The predicted octanol–water partition coefficient (Wildman–Crippen LogP) is 1.80. The van der Waals surface area contributed by atoms with Gasteiger partial charge in [-0.3, -0.25) is 0 Å². The second kappa shape index (κ2) is 4.66. The van der Waals surface area contributed by atoms with E-state index in [4.69, 9.17) is 14.6 Å².